The van der Waals surface area contributed by atoms with Gasteiger partial charge in [0.2, 0.25) is 0 Å². The summed E-state index contributed by atoms with van der Waals surface area (Å²) in [5.74, 6) is 2.41. The first-order valence-electron chi connectivity index (χ1n) is 9.63. The summed E-state index contributed by atoms with van der Waals surface area (Å²) in [6.45, 7) is 6.09. The van der Waals surface area contributed by atoms with Gasteiger partial charge in [-0.3, -0.25) is 0 Å². The average Bonchev–Trinajstić information content (AvgIpc) is 3.12. The second-order valence-corrected chi connectivity index (χ2v) is 8.24. The van der Waals surface area contributed by atoms with E-state index in [1.807, 2.05) is 13.0 Å². The first-order valence-corrected chi connectivity index (χ1v) is 10.5. The lowest BCUT2D eigenvalue weighted by atomic mass is 9.97. The molecule has 0 atom stereocenters. The van der Waals surface area contributed by atoms with Crippen LogP contribution < -0.4 is 5.32 Å². The Morgan fingerprint density at radius 1 is 1.19 bits per heavy atom. The molecular weight excluding hydrogens is 356 g/mol. The lowest BCUT2D eigenvalue weighted by Gasteiger charge is -2.31. The Hall–Kier alpha value is -2.02. The molecule has 0 bridgehead atoms. The summed E-state index contributed by atoms with van der Waals surface area (Å²) in [5.41, 5.74) is 1.22. The fourth-order valence-corrected chi connectivity index (χ4v) is 4.79. The van der Waals surface area contributed by atoms with Gasteiger partial charge in [0.05, 0.1) is 12.0 Å². The molecule has 2 aromatic heterocycles. The molecule has 0 saturated carbocycles. The number of likely N-dealkylation sites (tertiary alicyclic amines) is 1. The third kappa shape index (κ3) is 4.29. The second kappa shape index (κ2) is 8.33. The number of anilines is 1. The van der Waals surface area contributed by atoms with Gasteiger partial charge >= 0.3 is 0 Å². The van der Waals surface area contributed by atoms with Crippen molar-refractivity contribution >= 4 is 27.4 Å². The van der Waals surface area contributed by atoms with Crippen LogP contribution in [0.25, 0.3) is 20.7 Å². The summed E-state index contributed by atoms with van der Waals surface area (Å²) in [6.07, 6.45) is 2.33. The van der Waals surface area contributed by atoms with E-state index in [9.17, 15) is 0 Å². The molecule has 0 unspecified atom stereocenters. The minimum Gasteiger partial charge on any atom is -0.395 e. The largest absolute Gasteiger partial charge is 0.395 e. The molecule has 1 fully saturated rings. The van der Waals surface area contributed by atoms with Crippen molar-refractivity contribution in [2.45, 2.75) is 19.8 Å². The van der Waals surface area contributed by atoms with E-state index in [1.165, 1.54) is 23.3 Å². The molecule has 4 rings (SSSR count). The van der Waals surface area contributed by atoms with Crippen LogP contribution in [0, 0.1) is 12.8 Å². The minimum atomic E-state index is 0.253. The Balaban J connectivity index is 1.49. The predicted octanol–water partition coefficient (Wildman–Crippen LogP) is 3.78. The van der Waals surface area contributed by atoms with Gasteiger partial charge in [0.1, 0.15) is 16.5 Å². The van der Waals surface area contributed by atoms with Crippen LogP contribution in [0.3, 0.4) is 0 Å². The number of aliphatic hydroxyl groups excluding tert-OH is 1. The van der Waals surface area contributed by atoms with Gasteiger partial charge < -0.3 is 15.3 Å². The molecule has 142 valence electrons. The van der Waals surface area contributed by atoms with Gasteiger partial charge in [-0.2, -0.15) is 0 Å². The molecule has 1 saturated heterocycles. The fraction of sp³-hybridized carbons (Fsp3) is 0.429. The van der Waals surface area contributed by atoms with Crippen molar-refractivity contribution in [2.24, 2.45) is 5.92 Å². The maximum atomic E-state index is 9.08. The van der Waals surface area contributed by atoms with Crippen molar-refractivity contribution in [3.05, 3.63) is 42.2 Å². The number of hydrogen-bond acceptors (Lipinski definition) is 6. The number of fused-ring (bicyclic) bond motifs is 1. The van der Waals surface area contributed by atoms with Crippen molar-refractivity contribution in [1.29, 1.82) is 0 Å². The summed E-state index contributed by atoms with van der Waals surface area (Å²) in [7, 11) is 0. The van der Waals surface area contributed by atoms with Crippen LogP contribution in [0.5, 0.6) is 0 Å². The van der Waals surface area contributed by atoms with Crippen molar-refractivity contribution in [3.63, 3.8) is 0 Å². The molecule has 3 heterocycles. The third-order valence-corrected chi connectivity index (χ3v) is 6.32. The van der Waals surface area contributed by atoms with E-state index in [4.69, 9.17) is 5.11 Å². The first kappa shape index (κ1) is 18.3. The van der Waals surface area contributed by atoms with E-state index in [0.717, 1.165) is 48.0 Å². The first-order chi connectivity index (χ1) is 13.2. The molecule has 6 heteroatoms. The van der Waals surface area contributed by atoms with Crippen molar-refractivity contribution < 1.29 is 5.11 Å². The summed E-state index contributed by atoms with van der Waals surface area (Å²) >= 11 is 1.72. The zero-order chi connectivity index (χ0) is 18.6. The smallest absolute Gasteiger partial charge is 0.138 e. The van der Waals surface area contributed by atoms with E-state index in [0.29, 0.717) is 5.92 Å². The number of hydrogen-bond donors (Lipinski definition) is 2. The Bertz CT molecular complexity index is 888. The van der Waals surface area contributed by atoms with Gasteiger partial charge in [-0.1, -0.05) is 30.3 Å². The van der Waals surface area contributed by atoms with E-state index in [1.54, 1.807) is 11.3 Å². The maximum Gasteiger partial charge on any atom is 0.138 e. The number of nitrogens with zero attached hydrogens (tertiary/aromatic N) is 3. The lowest BCUT2D eigenvalue weighted by molar-refractivity contribution is 0.151. The van der Waals surface area contributed by atoms with E-state index < -0.39 is 0 Å². The zero-order valence-corrected chi connectivity index (χ0v) is 16.5. The van der Waals surface area contributed by atoms with Gasteiger partial charge in [0, 0.05) is 18.0 Å². The number of aliphatic hydroxyl groups is 1. The SMILES string of the molecule is Cc1nc(NCC2CCN(CCO)CC2)c2cc(-c3ccccc3)sc2n1. The summed E-state index contributed by atoms with van der Waals surface area (Å²) in [4.78, 5) is 13.9. The molecule has 1 aromatic carbocycles. The highest BCUT2D eigenvalue weighted by atomic mass is 32.1. The van der Waals surface area contributed by atoms with E-state index in [2.05, 4.69) is 50.5 Å². The number of aromatic nitrogens is 2. The zero-order valence-electron chi connectivity index (χ0n) is 15.7. The predicted molar refractivity (Wildman–Crippen MR) is 112 cm³/mol. The highest BCUT2D eigenvalue weighted by molar-refractivity contribution is 7.21. The van der Waals surface area contributed by atoms with Crippen molar-refractivity contribution in [3.8, 4) is 10.4 Å². The molecule has 0 radical (unpaired) electrons. The molecule has 3 aromatic rings. The van der Waals surface area contributed by atoms with Crippen LogP contribution in [-0.2, 0) is 0 Å². The van der Waals surface area contributed by atoms with Gasteiger partial charge in [-0.25, -0.2) is 9.97 Å². The Morgan fingerprint density at radius 3 is 2.70 bits per heavy atom. The van der Waals surface area contributed by atoms with Gasteiger partial charge in [0.15, 0.2) is 0 Å². The van der Waals surface area contributed by atoms with E-state index >= 15 is 0 Å². The monoisotopic (exact) mass is 382 g/mol. The molecule has 2 N–H and O–H groups in total. The number of rotatable bonds is 6. The van der Waals surface area contributed by atoms with Crippen LogP contribution in [0.15, 0.2) is 36.4 Å². The summed E-state index contributed by atoms with van der Waals surface area (Å²) < 4.78 is 0. The van der Waals surface area contributed by atoms with Crippen molar-refractivity contribution in [2.75, 3.05) is 38.1 Å². The average molecular weight is 383 g/mol. The van der Waals surface area contributed by atoms with E-state index in [-0.39, 0.29) is 6.61 Å². The second-order valence-electron chi connectivity index (χ2n) is 7.20. The molecule has 27 heavy (non-hydrogen) atoms. The number of piperidine rings is 1. The Labute approximate surface area is 164 Å². The summed E-state index contributed by atoms with van der Waals surface area (Å²) in [6, 6.07) is 12.7. The van der Waals surface area contributed by atoms with Crippen molar-refractivity contribution in [1.82, 2.24) is 14.9 Å². The maximum absolute atomic E-state index is 9.08. The molecule has 1 aliphatic heterocycles. The third-order valence-electron chi connectivity index (χ3n) is 5.24. The molecule has 1 aliphatic rings. The number of aryl methyl sites for hydroxylation is 1. The lowest BCUT2D eigenvalue weighted by Crippen LogP contribution is -2.37. The molecular formula is C21H26N4OS. The summed E-state index contributed by atoms with van der Waals surface area (Å²) in [5, 5.41) is 13.8. The van der Waals surface area contributed by atoms with Gasteiger partial charge in [-0.05, 0) is 50.4 Å². The van der Waals surface area contributed by atoms with Gasteiger partial charge in [-0.15, -0.1) is 11.3 Å². The van der Waals surface area contributed by atoms with Crippen LogP contribution >= 0.6 is 11.3 Å². The van der Waals surface area contributed by atoms with Crippen LogP contribution in [0.2, 0.25) is 0 Å². The normalized spacial score (nSPS) is 16.1. The van der Waals surface area contributed by atoms with Crippen LogP contribution in [-0.4, -0.2) is 52.8 Å². The number of thiophene rings is 1. The molecule has 0 spiro atoms. The number of β-amino-alcohol motifs (C(OH)–C–C–N with tert-alkyl or cyclic N) is 1. The Morgan fingerprint density at radius 2 is 1.96 bits per heavy atom. The topological polar surface area (TPSA) is 61.3 Å². The quantitative estimate of drug-likeness (QED) is 0.679. The molecule has 0 aliphatic carbocycles. The minimum absolute atomic E-state index is 0.253. The highest BCUT2D eigenvalue weighted by Gasteiger charge is 2.19. The standard InChI is InChI=1S/C21H26N4OS/c1-15-23-20(22-14-16-7-9-25(10-8-16)11-12-26)18-13-19(27-21(18)24-15)17-5-3-2-4-6-17/h2-6,13,16,26H,7-12,14H2,1H3,(H,22,23,24). The molecule has 5 nitrogen and oxygen atoms in total. The number of nitrogens with one attached hydrogen (secondary N) is 1. The van der Waals surface area contributed by atoms with Crippen LogP contribution in [0.1, 0.15) is 18.7 Å². The highest BCUT2D eigenvalue weighted by Crippen LogP contribution is 2.35. The van der Waals surface area contributed by atoms with Crippen LogP contribution in [0.4, 0.5) is 5.82 Å². The Kier molecular flexibility index (Phi) is 5.66. The fourth-order valence-electron chi connectivity index (χ4n) is 3.70. The van der Waals surface area contributed by atoms with Gasteiger partial charge in [0.25, 0.3) is 0 Å². The number of benzene rings is 1. The molecule has 0 amide bonds.